The largest absolute Gasteiger partial charge is 0.469 e. The van der Waals surface area contributed by atoms with Crippen LogP contribution >= 0.6 is 0 Å². The van der Waals surface area contributed by atoms with E-state index in [4.69, 9.17) is 4.74 Å². The molecule has 2 atom stereocenters. The summed E-state index contributed by atoms with van der Waals surface area (Å²) in [5.41, 5.74) is -0.592. The van der Waals surface area contributed by atoms with Gasteiger partial charge in [-0.25, -0.2) is 0 Å². The predicted molar refractivity (Wildman–Crippen MR) is 68.2 cm³/mol. The SMILES string of the molecule is CCO[C@H](CC(=O)OC)[C@@]1(C)CC(C)(C)CC1=O. The number of ether oxygens (including phenoxy) is 2. The summed E-state index contributed by atoms with van der Waals surface area (Å²) >= 11 is 0. The van der Waals surface area contributed by atoms with Gasteiger partial charge in [0.2, 0.25) is 0 Å². The first-order chi connectivity index (χ1) is 8.25. The predicted octanol–water partition coefficient (Wildman–Crippen LogP) is 2.35. The van der Waals surface area contributed by atoms with Crippen molar-refractivity contribution in [1.29, 1.82) is 0 Å². The number of hydrogen-bond donors (Lipinski definition) is 0. The van der Waals surface area contributed by atoms with Crippen molar-refractivity contribution in [2.24, 2.45) is 10.8 Å². The highest BCUT2D eigenvalue weighted by Crippen LogP contribution is 2.49. The van der Waals surface area contributed by atoms with Gasteiger partial charge in [-0.2, -0.15) is 0 Å². The van der Waals surface area contributed by atoms with Crippen LogP contribution in [0.5, 0.6) is 0 Å². The first-order valence-electron chi connectivity index (χ1n) is 6.47. The van der Waals surface area contributed by atoms with Crippen LogP contribution in [0, 0.1) is 10.8 Å². The number of Topliss-reactive ketones (excluding diaryl/α,β-unsaturated/α-hetero) is 1. The molecule has 1 saturated carbocycles. The van der Waals surface area contributed by atoms with E-state index in [9.17, 15) is 9.59 Å². The number of esters is 1. The maximum Gasteiger partial charge on any atom is 0.308 e. The van der Waals surface area contributed by atoms with Crippen molar-refractivity contribution in [3.05, 3.63) is 0 Å². The molecule has 4 heteroatoms. The van der Waals surface area contributed by atoms with Crippen LogP contribution in [0.3, 0.4) is 0 Å². The van der Waals surface area contributed by atoms with Crippen molar-refractivity contribution in [3.63, 3.8) is 0 Å². The number of carbonyl (C=O) groups excluding carboxylic acids is 2. The van der Waals surface area contributed by atoms with E-state index in [1.807, 2.05) is 13.8 Å². The third-order valence-corrected chi connectivity index (χ3v) is 3.78. The molecule has 0 heterocycles. The summed E-state index contributed by atoms with van der Waals surface area (Å²) in [6.07, 6.45) is 1.06. The smallest absolute Gasteiger partial charge is 0.308 e. The zero-order chi connectivity index (χ0) is 14.0. The first-order valence-corrected chi connectivity index (χ1v) is 6.47. The lowest BCUT2D eigenvalue weighted by molar-refractivity contribution is -0.149. The molecule has 104 valence electrons. The van der Waals surface area contributed by atoms with Gasteiger partial charge in [-0.15, -0.1) is 0 Å². The number of methoxy groups -OCH3 is 1. The van der Waals surface area contributed by atoms with Crippen LogP contribution in [-0.4, -0.2) is 31.6 Å². The molecule has 4 nitrogen and oxygen atoms in total. The summed E-state index contributed by atoms with van der Waals surface area (Å²) < 4.78 is 10.3. The van der Waals surface area contributed by atoms with Gasteiger partial charge in [0, 0.05) is 13.0 Å². The van der Waals surface area contributed by atoms with Crippen LogP contribution in [-0.2, 0) is 19.1 Å². The average molecular weight is 256 g/mol. The van der Waals surface area contributed by atoms with E-state index in [0.717, 1.165) is 6.42 Å². The Hall–Kier alpha value is -0.900. The van der Waals surface area contributed by atoms with Gasteiger partial charge in [-0.05, 0) is 18.8 Å². The van der Waals surface area contributed by atoms with Crippen molar-refractivity contribution in [1.82, 2.24) is 0 Å². The summed E-state index contributed by atoms with van der Waals surface area (Å²) in [5.74, 6) is -0.137. The fourth-order valence-corrected chi connectivity index (χ4v) is 2.99. The van der Waals surface area contributed by atoms with Crippen molar-refractivity contribution in [2.75, 3.05) is 13.7 Å². The lowest BCUT2D eigenvalue weighted by atomic mass is 9.77. The van der Waals surface area contributed by atoms with Gasteiger partial charge >= 0.3 is 5.97 Å². The summed E-state index contributed by atoms with van der Waals surface area (Å²) in [6, 6.07) is 0. The van der Waals surface area contributed by atoms with Gasteiger partial charge in [0.05, 0.1) is 25.0 Å². The average Bonchev–Trinajstić information content (AvgIpc) is 2.47. The highest BCUT2D eigenvalue weighted by Gasteiger charge is 2.52. The Morgan fingerprint density at radius 3 is 2.39 bits per heavy atom. The van der Waals surface area contributed by atoms with E-state index >= 15 is 0 Å². The molecule has 1 aliphatic rings. The lowest BCUT2D eigenvalue weighted by Gasteiger charge is -2.33. The molecule has 0 aliphatic heterocycles. The zero-order valence-electron chi connectivity index (χ0n) is 12.0. The van der Waals surface area contributed by atoms with Crippen LogP contribution in [0.4, 0.5) is 0 Å². The van der Waals surface area contributed by atoms with Gasteiger partial charge in [0.25, 0.3) is 0 Å². The van der Waals surface area contributed by atoms with Gasteiger partial charge < -0.3 is 9.47 Å². The highest BCUT2D eigenvalue weighted by atomic mass is 16.5. The second-order valence-corrected chi connectivity index (χ2v) is 6.08. The van der Waals surface area contributed by atoms with E-state index < -0.39 is 5.41 Å². The Bertz CT molecular complexity index is 335. The molecule has 1 rings (SSSR count). The van der Waals surface area contributed by atoms with Crippen LogP contribution in [0.1, 0.15) is 47.0 Å². The number of hydrogen-bond acceptors (Lipinski definition) is 4. The van der Waals surface area contributed by atoms with Gasteiger partial charge in [-0.1, -0.05) is 20.8 Å². The van der Waals surface area contributed by atoms with Crippen molar-refractivity contribution in [2.45, 2.75) is 53.1 Å². The minimum absolute atomic E-state index is 0.0166. The molecule has 18 heavy (non-hydrogen) atoms. The van der Waals surface area contributed by atoms with Crippen LogP contribution in [0.15, 0.2) is 0 Å². The number of ketones is 1. The van der Waals surface area contributed by atoms with E-state index in [1.165, 1.54) is 7.11 Å². The number of carbonyl (C=O) groups is 2. The normalized spacial score (nSPS) is 28.2. The van der Waals surface area contributed by atoms with Crippen molar-refractivity contribution in [3.8, 4) is 0 Å². The van der Waals surface area contributed by atoms with E-state index in [2.05, 4.69) is 18.6 Å². The molecule has 0 aromatic carbocycles. The van der Waals surface area contributed by atoms with Crippen LogP contribution < -0.4 is 0 Å². The maximum absolute atomic E-state index is 12.3. The zero-order valence-corrected chi connectivity index (χ0v) is 12.0. The summed E-state index contributed by atoms with van der Waals surface area (Å²) in [4.78, 5) is 23.7. The minimum Gasteiger partial charge on any atom is -0.469 e. The van der Waals surface area contributed by atoms with E-state index in [1.54, 1.807) is 0 Å². The monoisotopic (exact) mass is 256 g/mol. The molecule has 0 bridgehead atoms. The molecule has 0 spiro atoms. The first kappa shape index (κ1) is 15.2. The van der Waals surface area contributed by atoms with Crippen LogP contribution in [0.25, 0.3) is 0 Å². The molecule has 0 radical (unpaired) electrons. The topological polar surface area (TPSA) is 52.6 Å². The number of rotatable bonds is 5. The maximum atomic E-state index is 12.3. The quantitative estimate of drug-likeness (QED) is 0.708. The molecular weight excluding hydrogens is 232 g/mol. The van der Waals surface area contributed by atoms with E-state index in [0.29, 0.717) is 13.0 Å². The fraction of sp³-hybridized carbons (Fsp3) is 0.857. The molecule has 0 unspecified atom stereocenters. The Morgan fingerprint density at radius 2 is 2.00 bits per heavy atom. The van der Waals surface area contributed by atoms with Crippen molar-refractivity contribution >= 4 is 11.8 Å². The summed E-state index contributed by atoms with van der Waals surface area (Å²) in [7, 11) is 1.36. The molecule has 1 fully saturated rings. The van der Waals surface area contributed by atoms with E-state index in [-0.39, 0.29) is 29.7 Å². The standard InChI is InChI=1S/C14H24O4/c1-6-18-11(7-12(16)17-5)14(4)9-13(2,3)8-10(14)15/h11H,6-9H2,1-5H3/t11-,14+/m1/s1. The molecule has 0 amide bonds. The molecular formula is C14H24O4. The molecule has 0 N–H and O–H groups in total. The Morgan fingerprint density at radius 1 is 1.39 bits per heavy atom. The summed E-state index contributed by atoms with van der Waals surface area (Å²) in [5, 5.41) is 0. The Balaban J connectivity index is 2.90. The Labute approximate surface area is 109 Å². The molecule has 0 saturated heterocycles. The van der Waals surface area contributed by atoms with Gasteiger partial charge in [0.15, 0.2) is 0 Å². The van der Waals surface area contributed by atoms with Crippen LogP contribution in [0.2, 0.25) is 0 Å². The third kappa shape index (κ3) is 3.10. The molecule has 0 aromatic rings. The molecule has 0 aromatic heterocycles. The molecule has 1 aliphatic carbocycles. The highest BCUT2D eigenvalue weighted by molar-refractivity contribution is 5.88. The second kappa shape index (κ2) is 5.39. The van der Waals surface area contributed by atoms with Crippen molar-refractivity contribution < 1.29 is 19.1 Å². The van der Waals surface area contributed by atoms with Gasteiger partial charge in [-0.3, -0.25) is 9.59 Å². The Kier molecular flexibility index (Phi) is 4.54. The lowest BCUT2D eigenvalue weighted by Crippen LogP contribution is -2.40. The minimum atomic E-state index is -0.576. The second-order valence-electron chi connectivity index (χ2n) is 6.08. The summed E-state index contributed by atoms with van der Waals surface area (Å²) in [6.45, 7) is 8.44. The third-order valence-electron chi connectivity index (χ3n) is 3.78. The van der Waals surface area contributed by atoms with Gasteiger partial charge in [0.1, 0.15) is 5.78 Å². The fourth-order valence-electron chi connectivity index (χ4n) is 2.99.